The van der Waals surface area contributed by atoms with Gasteiger partial charge in [0.25, 0.3) is 0 Å². The Balaban J connectivity index is 3.03. The standard InChI is InChI=1S/C10H10BrNO2S/c1-3-8(2)12-15(13,14)10-6-4-5-9(11)7-10/h1,4-8,12H,2H3/t8-/m0/s1. The first-order valence-electron chi connectivity index (χ1n) is 4.20. The summed E-state index contributed by atoms with van der Waals surface area (Å²) in [5.41, 5.74) is 0. The van der Waals surface area contributed by atoms with Gasteiger partial charge < -0.3 is 0 Å². The van der Waals surface area contributed by atoms with Gasteiger partial charge in [0, 0.05) is 4.47 Å². The monoisotopic (exact) mass is 287 g/mol. The van der Waals surface area contributed by atoms with Gasteiger partial charge in [0.2, 0.25) is 10.0 Å². The van der Waals surface area contributed by atoms with E-state index in [1.54, 1.807) is 19.1 Å². The highest BCUT2D eigenvalue weighted by Crippen LogP contribution is 2.15. The zero-order valence-corrected chi connectivity index (χ0v) is 10.5. The van der Waals surface area contributed by atoms with E-state index in [-0.39, 0.29) is 4.90 Å². The summed E-state index contributed by atoms with van der Waals surface area (Å²) in [4.78, 5) is 0.193. The summed E-state index contributed by atoms with van der Waals surface area (Å²) in [5, 5.41) is 0. The van der Waals surface area contributed by atoms with Crippen LogP contribution in [0.5, 0.6) is 0 Å². The zero-order chi connectivity index (χ0) is 11.5. The number of halogens is 1. The van der Waals surface area contributed by atoms with E-state index in [1.807, 2.05) is 0 Å². The maximum atomic E-state index is 11.7. The summed E-state index contributed by atoms with van der Waals surface area (Å²) in [5.74, 6) is 2.30. The maximum Gasteiger partial charge on any atom is 0.241 e. The average Bonchev–Trinajstić information content (AvgIpc) is 2.17. The fourth-order valence-corrected chi connectivity index (χ4v) is 2.73. The second-order valence-corrected chi connectivity index (χ2v) is 5.60. The lowest BCUT2D eigenvalue weighted by atomic mass is 10.4. The van der Waals surface area contributed by atoms with E-state index < -0.39 is 16.1 Å². The molecule has 0 aliphatic heterocycles. The van der Waals surface area contributed by atoms with Crippen LogP contribution in [0.4, 0.5) is 0 Å². The fourth-order valence-electron chi connectivity index (χ4n) is 0.969. The van der Waals surface area contributed by atoms with Gasteiger partial charge in [0.05, 0.1) is 10.9 Å². The van der Waals surface area contributed by atoms with Crippen LogP contribution in [0, 0.1) is 12.3 Å². The quantitative estimate of drug-likeness (QED) is 0.861. The Hall–Kier alpha value is -0.830. The van der Waals surface area contributed by atoms with Crippen LogP contribution in [0.1, 0.15) is 6.92 Å². The van der Waals surface area contributed by atoms with E-state index in [9.17, 15) is 8.42 Å². The molecule has 3 nitrogen and oxygen atoms in total. The molecule has 1 aromatic carbocycles. The molecule has 0 spiro atoms. The molecule has 1 N–H and O–H groups in total. The molecule has 0 aliphatic carbocycles. The molecular weight excluding hydrogens is 278 g/mol. The Labute approximate surface area is 98.1 Å². The van der Waals surface area contributed by atoms with Crippen LogP contribution in [0.3, 0.4) is 0 Å². The highest BCUT2D eigenvalue weighted by molar-refractivity contribution is 9.10. The molecule has 0 aliphatic rings. The predicted molar refractivity (Wildman–Crippen MR) is 62.8 cm³/mol. The number of rotatable bonds is 3. The van der Waals surface area contributed by atoms with Crippen LogP contribution in [-0.4, -0.2) is 14.5 Å². The largest absolute Gasteiger partial charge is 0.241 e. The Morgan fingerprint density at radius 2 is 2.20 bits per heavy atom. The number of sulfonamides is 1. The summed E-state index contributed by atoms with van der Waals surface area (Å²) in [7, 11) is -3.52. The third kappa shape index (κ3) is 3.34. The van der Waals surface area contributed by atoms with Crippen LogP contribution in [0.25, 0.3) is 0 Å². The number of nitrogens with one attached hydrogen (secondary N) is 1. The normalized spacial score (nSPS) is 13.1. The minimum atomic E-state index is -3.52. The van der Waals surface area contributed by atoms with E-state index in [1.165, 1.54) is 12.1 Å². The van der Waals surface area contributed by atoms with E-state index in [0.717, 1.165) is 0 Å². The van der Waals surface area contributed by atoms with Gasteiger partial charge >= 0.3 is 0 Å². The van der Waals surface area contributed by atoms with E-state index in [0.29, 0.717) is 4.47 Å². The lowest BCUT2D eigenvalue weighted by Crippen LogP contribution is -2.31. The molecule has 0 unspecified atom stereocenters. The molecule has 0 saturated carbocycles. The third-order valence-corrected chi connectivity index (χ3v) is 3.72. The third-order valence-electron chi connectivity index (χ3n) is 1.69. The summed E-state index contributed by atoms with van der Waals surface area (Å²) >= 11 is 3.21. The van der Waals surface area contributed by atoms with Gasteiger partial charge in [0.1, 0.15) is 0 Å². The highest BCUT2D eigenvalue weighted by Gasteiger charge is 2.15. The van der Waals surface area contributed by atoms with Crippen molar-refractivity contribution >= 4 is 26.0 Å². The van der Waals surface area contributed by atoms with Crippen molar-refractivity contribution in [2.24, 2.45) is 0 Å². The first-order valence-corrected chi connectivity index (χ1v) is 6.47. The maximum absolute atomic E-state index is 11.7. The van der Waals surface area contributed by atoms with Gasteiger partial charge in [-0.2, -0.15) is 4.72 Å². The van der Waals surface area contributed by atoms with Crippen LogP contribution in [0.15, 0.2) is 33.6 Å². The summed E-state index contributed by atoms with van der Waals surface area (Å²) < 4.78 is 26.5. The second kappa shape index (κ2) is 4.79. The molecule has 5 heteroatoms. The molecule has 0 radical (unpaired) electrons. The van der Waals surface area contributed by atoms with Gasteiger partial charge in [-0.05, 0) is 25.1 Å². The number of hydrogen-bond acceptors (Lipinski definition) is 2. The van der Waals surface area contributed by atoms with Gasteiger partial charge in [-0.1, -0.05) is 27.9 Å². The lowest BCUT2D eigenvalue weighted by Gasteiger charge is -2.08. The Kier molecular flexibility index (Phi) is 3.91. The van der Waals surface area contributed by atoms with Crippen LogP contribution < -0.4 is 4.72 Å². The summed E-state index contributed by atoms with van der Waals surface area (Å²) in [6.07, 6.45) is 5.10. The van der Waals surface area contributed by atoms with Gasteiger partial charge in [-0.25, -0.2) is 8.42 Å². The van der Waals surface area contributed by atoms with Gasteiger partial charge in [0.15, 0.2) is 0 Å². The molecule has 0 bridgehead atoms. The average molecular weight is 288 g/mol. The van der Waals surface area contributed by atoms with Crippen LogP contribution in [-0.2, 0) is 10.0 Å². The van der Waals surface area contributed by atoms with Crippen molar-refractivity contribution in [2.75, 3.05) is 0 Å². The van der Waals surface area contributed by atoms with Crippen molar-refractivity contribution in [1.82, 2.24) is 4.72 Å². The molecule has 1 aromatic rings. The topological polar surface area (TPSA) is 46.2 Å². The Morgan fingerprint density at radius 1 is 1.53 bits per heavy atom. The Morgan fingerprint density at radius 3 is 2.73 bits per heavy atom. The first kappa shape index (κ1) is 12.2. The van der Waals surface area contributed by atoms with Crippen molar-refractivity contribution in [3.63, 3.8) is 0 Å². The van der Waals surface area contributed by atoms with Crippen LogP contribution >= 0.6 is 15.9 Å². The molecule has 0 fully saturated rings. The predicted octanol–water partition coefficient (Wildman–Crippen LogP) is 1.75. The fraction of sp³-hybridized carbons (Fsp3) is 0.200. The number of terminal acetylenes is 1. The smallest absolute Gasteiger partial charge is 0.207 e. The van der Waals surface area contributed by atoms with Crippen LogP contribution in [0.2, 0.25) is 0 Å². The number of hydrogen-bond donors (Lipinski definition) is 1. The van der Waals surface area contributed by atoms with Gasteiger partial charge in [-0.3, -0.25) is 0 Å². The minimum absolute atomic E-state index is 0.193. The Bertz CT molecular complexity index is 490. The van der Waals surface area contributed by atoms with Crippen molar-refractivity contribution in [3.05, 3.63) is 28.7 Å². The zero-order valence-electron chi connectivity index (χ0n) is 8.07. The molecular formula is C10H10BrNO2S. The van der Waals surface area contributed by atoms with Crippen molar-refractivity contribution < 1.29 is 8.42 Å². The van der Waals surface area contributed by atoms with E-state index in [2.05, 4.69) is 26.6 Å². The lowest BCUT2D eigenvalue weighted by molar-refractivity contribution is 0.577. The van der Waals surface area contributed by atoms with Gasteiger partial charge in [-0.15, -0.1) is 6.42 Å². The minimum Gasteiger partial charge on any atom is -0.207 e. The molecule has 15 heavy (non-hydrogen) atoms. The summed E-state index contributed by atoms with van der Waals surface area (Å²) in [6, 6.07) is 5.92. The molecule has 0 amide bonds. The molecule has 0 aromatic heterocycles. The molecule has 0 heterocycles. The van der Waals surface area contributed by atoms with Crippen molar-refractivity contribution in [3.8, 4) is 12.3 Å². The second-order valence-electron chi connectivity index (χ2n) is 2.97. The number of benzene rings is 1. The molecule has 1 atom stereocenters. The summed E-state index contributed by atoms with van der Waals surface area (Å²) in [6.45, 7) is 1.61. The molecule has 0 saturated heterocycles. The van der Waals surface area contributed by atoms with E-state index >= 15 is 0 Å². The molecule has 1 rings (SSSR count). The molecule has 80 valence electrons. The van der Waals surface area contributed by atoms with Crippen molar-refractivity contribution in [1.29, 1.82) is 0 Å². The SMILES string of the molecule is C#C[C@H](C)NS(=O)(=O)c1cccc(Br)c1. The first-order chi connectivity index (χ1) is 6.95. The van der Waals surface area contributed by atoms with E-state index in [4.69, 9.17) is 6.42 Å². The van der Waals surface area contributed by atoms with Crippen molar-refractivity contribution in [2.45, 2.75) is 17.9 Å². The highest BCUT2D eigenvalue weighted by atomic mass is 79.9.